The Labute approximate surface area is 223 Å². The minimum Gasteiger partial charge on any atom is -0.488 e. The van der Waals surface area contributed by atoms with Crippen LogP contribution in [0.1, 0.15) is 38.3 Å². The molecule has 0 amide bonds. The van der Waals surface area contributed by atoms with Crippen LogP contribution in [-0.4, -0.2) is 42.1 Å². The standard InChI is InChI=1S/C26H24F5N5O4/c1-13(40-20-11-34-35-23(37)21(20)26(29,30)31)6-16(27)12-36-5-4-14-7-18(19(28)8-17(14)24(36)38)22-32-9-15(10-33-22)25(2,3)39/h4-5,7-11,13,16,39H,6,12H2,1-3H3,(H,35,37)/t13-,16+/m0/s1. The zero-order chi connectivity index (χ0) is 29.4. The number of hydrogen-bond acceptors (Lipinski definition) is 7. The first-order valence-electron chi connectivity index (χ1n) is 12.0. The maximum Gasteiger partial charge on any atom is 0.425 e. The second kappa shape index (κ2) is 10.8. The number of alkyl halides is 4. The Balaban J connectivity index is 1.51. The molecule has 212 valence electrons. The number of nitrogens with zero attached hydrogens (tertiary/aromatic N) is 4. The predicted molar refractivity (Wildman–Crippen MR) is 134 cm³/mol. The molecule has 2 atom stereocenters. The minimum atomic E-state index is -5.01. The summed E-state index contributed by atoms with van der Waals surface area (Å²) < 4.78 is 75.6. The van der Waals surface area contributed by atoms with E-state index in [2.05, 4.69) is 15.1 Å². The third kappa shape index (κ3) is 6.17. The largest absolute Gasteiger partial charge is 0.488 e. The van der Waals surface area contributed by atoms with Gasteiger partial charge in [0.05, 0.1) is 35.4 Å². The Kier molecular flexibility index (Phi) is 7.74. The molecule has 14 heteroatoms. The van der Waals surface area contributed by atoms with Gasteiger partial charge in [0.2, 0.25) is 0 Å². The lowest BCUT2D eigenvalue weighted by atomic mass is 10.0. The normalized spacial score (nSPS) is 13.8. The van der Waals surface area contributed by atoms with Crippen molar-refractivity contribution in [3.8, 4) is 17.1 Å². The SMILES string of the molecule is C[C@@H](C[C@@H](F)Cn1ccc2cc(-c3ncc(C(C)(C)O)cn3)c(F)cc2c1=O)Oc1cn[nH]c(=O)c1C(F)(F)F. The summed E-state index contributed by atoms with van der Waals surface area (Å²) in [5.74, 6) is -1.59. The van der Waals surface area contributed by atoms with Crippen molar-refractivity contribution >= 4 is 10.8 Å². The van der Waals surface area contributed by atoms with E-state index in [1.165, 1.54) is 37.6 Å². The van der Waals surface area contributed by atoms with Gasteiger partial charge in [0.25, 0.3) is 11.1 Å². The zero-order valence-corrected chi connectivity index (χ0v) is 21.5. The second-order valence-corrected chi connectivity index (χ2v) is 9.74. The van der Waals surface area contributed by atoms with Crippen LogP contribution in [0.3, 0.4) is 0 Å². The molecular weight excluding hydrogens is 541 g/mol. The molecule has 4 rings (SSSR count). The molecule has 0 saturated heterocycles. The molecular formula is C26H24F5N5O4. The van der Waals surface area contributed by atoms with Crippen LogP contribution in [0.15, 0.2) is 52.6 Å². The number of fused-ring (bicyclic) bond motifs is 1. The number of ether oxygens (including phenoxy) is 1. The molecule has 4 aromatic rings. The molecule has 9 nitrogen and oxygen atoms in total. The highest BCUT2D eigenvalue weighted by Crippen LogP contribution is 2.33. The van der Waals surface area contributed by atoms with E-state index in [0.29, 0.717) is 17.1 Å². The minimum absolute atomic E-state index is 0.0220. The van der Waals surface area contributed by atoms with Crippen LogP contribution in [0.4, 0.5) is 22.0 Å². The molecule has 40 heavy (non-hydrogen) atoms. The summed E-state index contributed by atoms with van der Waals surface area (Å²) in [7, 11) is 0. The number of aromatic nitrogens is 5. The molecule has 0 aliphatic rings. The lowest BCUT2D eigenvalue weighted by Crippen LogP contribution is -2.29. The number of halogens is 5. The molecule has 2 N–H and O–H groups in total. The molecule has 0 fully saturated rings. The lowest BCUT2D eigenvalue weighted by Gasteiger charge is -2.19. The Morgan fingerprint density at radius 3 is 2.42 bits per heavy atom. The van der Waals surface area contributed by atoms with E-state index in [0.717, 1.165) is 10.6 Å². The van der Waals surface area contributed by atoms with Gasteiger partial charge in [-0.3, -0.25) is 9.59 Å². The van der Waals surface area contributed by atoms with Gasteiger partial charge in [-0.05, 0) is 44.4 Å². The van der Waals surface area contributed by atoms with Crippen molar-refractivity contribution in [2.75, 3.05) is 0 Å². The van der Waals surface area contributed by atoms with Crippen molar-refractivity contribution in [1.29, 1.82) is 0 Å². The molecule has 0 saturated carbocycles. The van der Waals surface area contributed by atoms with Gasteiger partial charge in [-0.1, -0.05) is 0 Å². The topological polar surface area (TPSA) is 123 Å². The van der Waals surface area contributed by atoms with Gasteiger partial charge in [-0.15, -0.1) is 0 Å². The molecule has 3 aromatic heterocycles. The van der Waals surface area contributed by atoms with Gasteiger partial charge in [0.1, 0.15) is 12.0 Å². The maximum absolute atomic E-state index is 15.0. The van der Waals surface area contributed by atoms with E-state index >= 15 is 0 Å². The summed E-state index contributed by atoms with van der Waals surface area (Å²) in [6, 6.07) is 3.86. The van der Waals surface area contributed by atoms with Crippen LogP contribution in [0.25, 0.3) is 22.2 Å². The van der Waals surface area contributed by atoms with Crippen molar-refractivity contribution in [2.45, 2.75) is 57.8 Å². The lowest BCUT2D eigenvalue weighted by molar-refractivity contribution is -0.140. The van der Waals surface area contributed by atoms with Gasteiger partial charge < -0.3 is 14.4 Å². The zero-order valence-electron chi connectivity index (χ0n) is 21.5. The van der Waals surface area contributed by atoms with E-state index in [-0.39, 0.29) is 16.8 Å². The van der Waals surface area contributed by atoms with E-state index in [4.69, 9.17) is 4.74 Å². The van der Waals surface area contributed by atoms with Crippen LogP contribution in [-0.2, 0) is 18.3 Å². The van der Waals surface area contributed by atoms with Gasteiger partial charge in [0, 0.05) is 30.6 Å². The molecule has 0 aliphatic carbocycles. The first-order chi connectivity index (χ1) is 18.6. The van der Waals surface area contributed by atoms with Crippen molar-refractivity contribution in [2.24, 2.45) is 0 Å². The van der Waals surface area contributed by atoms with Crippen LogP contribution in [0, 0.1) is 5.82 Å². The summed E-state index contributed by atoms with van der Waals surface area (Å²) in [5, 5.41) is 15.3. The summed E-state index contributed by atoms with van der Waals surface area (Å²) in [6.07, 6.45) is -3.55. The van der Waals surface area contributed by atoms with Crippen LogP contribution < -0.4 is 15.9 Å². The van der Waals surface area contributed by atoms with Crippen LogP contribution in [0.5, 0.6) is 5.75 Å². The molecule has 0 aliphatic heterocycles. The van der Waals surface area contributed by atoms with Gasteiger partial charge >= 0.3 is 6.18 Å². The maximum atomic E-state index is 15.0. The van der Waals surface area contributed by atoms with Crippen molar-refractivity contribution in [3.63, 3.8) is 0 Å². The average Bonchev–Trinajstić information content (AvgIpc) is 2.84. The molecule has 0 spiro atoms. The average molecular weight is 565 g/mol. The van der Waals surface area contributed by atoms with Gasteiger partial charge in [-0.2, -0.15) is 18.3 Å². The van der Waals surface area contributed by atoms with Gasteiger partial charge in [-0.25, -0.2) is 23.8 Å². The summed E-state index contributed by atoms with van der Waals surface area (Å²) in [5.41, 5.74) is -4.51. The Hall–Kier alpha value is -4.20. The fourth-order valence-electron chi connectivity index (χ4n) is 4.06. The summed E-state index contributed by atoms with van der Waals surface area (Å²) >= 11 is 0. The number of H-pyrrole nitrogens is 1. The monoisotopic (exact) mass is 565 g/mol. The molecule has 0 bridgehead atoms. The third-order valence-corrected chi connectivity index (χ3v) is 6.08. The first-order valence-corrected chi connectivity index (χ1v) is 12.0. The number of nitrogens with one attached hydrogen (secondary N) is 1. The Morgan fingerprint density at radius 1 is 1.12 bits per heavy atom. The van der Waals surface area contributed by atoms with E-state index < -0.39 is 65.3 Å². The van der Waals surface area contributed by atoms with Crippen LogP contribution >= 0.6 is 0 Å². The highest BCUT2D eigenvalue weighted by Gasteiger charge is 2.38. The smallest absolute Gasteiger partial charge is 0.425 e. The van der Waals surface area contributed by atoms with Crippen molar-refractivity contribution in [1.82, 2.24) is 24.7 Å². The Bertz CT molecular complexity index is 1650. The predicted octanol–water partition coefficient (Wildman–Crippen LogP) is 4.12. The molecule has 1 aromatic carbocycles. The van der Waals surface area contributed by atoms with Crippen LogP contribution in [0.2, 0.25) is 0 Å². The number of aliphatic hydroxyl groups is 1. The summed E-state index contributed by atoms with van der Waals surface area (Å²) in [6.45, 7) is 3.93. The second-order valence-electron chi connectivity index (χ2n) is 9.74. The molecule has 0 radical (unpaired) electrons. The number of pyridine rings is 1. The molecule has 0 unspecified atom stereocenters. The fourth-order valence-corrected chi connectivity index (χ4v) is 4.06. The van der Waals surface area contributed by atoms with Crippen molar-refractivity contribution < 1.29 is 31.8 Å². The first kappa shape index (κ1) is 28.8. The quantitative estimate of drug-likeness (QED) is 0.308. The highest BCUT2D eigenvalue weighted by atomic mass is 19.4. The number of hydrogen-bond donors (Lipinski definition) is 2. The fraction of sp³-hybridized carbons (Fsp3) is 0.346. The number of benzene rings is 1. The van der Waals surface area contributed by atoms with E-state index in [9.17, 15) is 36.6 Å². The Morgan fingerprint density at radius 2 is 1.80 bits per heavy atom. The number of rotatable bonds is 8. The van der Waals surface area contributed by atoms with E-state index in [1.54, 1.807) is 18.9 Å². The van der Waals surface area contributed by atoms with Crippen molar-refractivity contribution in [3.05, 3.63) is 80.6 Å². The van der Waals surface area contributed by atoms with E-state index in [1.807, 2.05) is 0 Å². The number of aromatic amines is 1. The third-order valence-electron chi connectivity index (χ3n) is 6.08. The van der Waals surface area contributed by atoms with Gasteiger partial charge in [0.15, 0.2) is 17.1 Å². The molecule has 3 heterocycles. The summed E-state index contributed by atoms with van der Waals surface area (Å²) in [4.78, 5) is 32.7. The highest BCUT2D eigenvalue weighted by molar-refractivity contribution is 5.86.